The second kappa shape index (κ2) is 9.97. The minimum Gasteiger partial charge on any atom is -0.382 e. The lowest BCUT2D eigenvalue weighted by molar-refractivity contribution is -0.121. The molecule has 0 spiro atoms. The van der Waals surface area contributed by atoms with Gasteiger partial charge >= 0.3 is 0 Å². The van der Waals surface area contributed by atoms with E-state index in [4.69, 9.17) is 4.74 Å². The smallest absolute Gasteiger partial charge is 0.219 e. The van der Waals surface area contributed by atoms with Crippen molar-refractivity contribution in [3.05, 3.63) is 0 Å². The molecule has 0 aliphatic carbocycles. The van der Waals surface area contributed by atoms with Crippen LogP contribution in [0.3, 0.4) is 0 Å². The lowest BCUT2D eigenvalue weighted by Crippen LogP contribution is -2.24. The van der Waals surface area contributed by atoms with Gasteiger partial charge in [0.1, 0.15) is 0 Å². The predicted molar refractivity (Wildman–Crippen MR) is 64.9 cm³/mol. The molecule has 3 nitrogen and oxygen atoms in total. The van der Waals surface area contributed by atoms with Crippen LogP contribution in [0.25, 0.3) is 0 Å². The van der Waals surface area contributed by atoms with Gasteiger partial charge in [-0.25, -0.2) is 0 Å². The number of hydrogen-bond donors (Lipinski definition) is 1. The Hall–Kier alpha value is -0.570. The summed E-state index contributed by atoms with van der Waals surface area (Å²) >= 11 is 0. The van der Waals surface area contributed by atoms with Crippen molar-refractivity contribution in [1.29, 1.82) is 0 Å². The lowest BCUT2D eigenvalue weighted by atomic mass is 10.1. The van der Waals surface area contributed by atoms with Gasteiger partial charge in [0.2, 0.25) is 5.91 Å². The molecular weight excluding hydrogens is 190 g/mol. The molecule has 0 aliphatic heterocycles. The summed E-state index contributed by atoms with van der Waals surface area (Å²) in [5.74, 6) is 0.829. The molecule has 1 N–H and O–H groups in total. The number of nitrogens with one attached hydrogen (secondary N) is 1. The van der Waals surface area contributed by atoms with Gasteiger partial charge in [0.05, 0.1) is 0 Å². The van der Waals surface area contributed by atoms with E-state index in [1.54, 1.807) is 0 Å². The third kappa shape index (κ3) is 11.4. The maximum absolute atomic E-state index is 11.3. The SMILES string of the molecule is CCOCCCCC(=O)NCCC(C)C.[HH]. The van der Waals surface area contributed by atoms with Crippen LogP contribution >= 0.6 is 0 Å². The number of ether oxygens (including phenoxy) is 1. The summed E-state index contributed by atoms with van der Waals surface area (Å²) in [5.41, 5.74) is 0. The molecule has 15 heavy (non-hydrogen) atoms. The van der Waals surface area contributed by atoms with E-state index in [1.807, 2.05) is 6.92 Å². The third-order valence-electron chi connectivity index (χ3n) is 2.19. The number of unbranched alkanes of at least 4 members (excludes halogenated alkanes) is 1. The Kier molecular flexibility index (Phi) is 9.59. The van der Waals surface area contributed by atoms with Gasteiger partial charge in [-0.15, -0.1) is 0 Å². The lowest BCUT2D eigenvalue weighted by Gasteiger charge is -2.07. The first-order valence-corrected chi connectivity index (χ1v) is 6.01. The van der Waals surface area contributed by atoms with Crippen LogP contribution in [0.5, 0.6) is 0 Å². The van der Waals surface area contributed by atoms with Gasteiger partial charge < -0.3 is 10.1 Å². The minimum atomic E-state index is 0. The van der Waals surface area contributed by atoms with Gasteiger partial charge in [0.15, 0.2) is 0 Å². The number of carbonyl (C=O) groups excluding carboxylic acids is 1. The molecule has 0 atom stereocenters. The van der Waals surface area contributed by atoms with E-state index in [0.29, 0.717) is 12.3 Å². The van der Waals surface area contributed by atoms with Crippen molar-refractivity contribution in [3.8, 4) is 0 Å². The molecule has 0 heterocycles. The van der Waals surface area contributed by atoms with Gasteiger partial charge in [-0.05, 0) is 32.1 Å². The fourth-order valence-corrected chi connectivity index (χ4v) is 1.22. The molecule has 3 heteroatoms. The van der Waals surface area contributed by atoms with Crippen LogP contribution in [0.2, 0.25) is 0 Å². The number of carbonyl (C=O) groups is 1. The zero-order valence-corrected chi connectivity index (χ0v) is 10.3. The molecule has 0 saturated carbocycles. The van der Waals surface area contributed by atoms with Crippen molar-refractivity contribution in [2.45, 2.75) is 46.5 Å². The molecule has 0 aromatic heterocycles. The molecule has 0 fully saturated rings. The van der Waals surface area contributed by atoms with Gasteiger partial charge in [-0.3, -0.25) is 4.79 Å². The first-order chi connectivity index (χ1) is 7.16. The molecule has 0 aliphatic rings. The number of hydrogen-bond acceptors (Lipinski definition) is 2. The minimum absolute atomic E-state index is 0. The molecule has 0 aromatic carbocycles. The molecule has 92 valence electrons. The van der Waals surface area contributed by atoms with E-state index in [1.165, 1.54) is 0 Å². The highest BCUT2D eigenvalue weighted by molar-refractivity contribution is 5.75. The Labute approximate surface area is 95.1 Å². The second-order valence-corrected chi connectivity index (χ2v) is 4.19. The summed E-state index contributed by atoms with van der Waals surface area (Å²) in [6.45, 7) is 8.65. The highest BCUT2D eigenvalue weighted by Gasteiger charge is 2.00. The van der Waals surface area contributed by atoms with Crippen LogP contribution in [-0.2, 0) is 9.53 Å². The first-order valence-electron chi connectivity index (χ1n) is 6.01. The van der Waals surface area contributed by atoms with E-state index >= 15 is 0 Å². The summed E-state index contributed by atoms with van der Waals surface area (Å²) in [6.07, 6.45) is 3.59. The van der Waals surface area contributed by atoms with Crippen molar-refractivity contribution in [2.75, 3.05) is 19.8 Å². The molecule has 1 amide bonds. The summed E-state index contributed by atoms with van der Waals surface area (Å²) in [4.78, 5) is 11.3. The average Bonchev–Trinajstić information content (AvgIpc) is 2.17. The van der Waals surface area contributed by atoms with Crippen LogP contribution in [0.15, 0.2) is 0 Å². The number of rotatable bonds is 9. The molecule has 0 unspecified atom stereocenters. The van der Waals surface area contributed by atoms with Crippen LogP contribution < -0.4 is 5.32 Å². The normalized spacial score (nSPS) is 10.7. The first kappa shape index (κ1) is 14.4. The Morgan fingerprint density at radius 1 is 1.40 bits per heavy atom. The third-order valence-corrected chi connectivity index (χ3v) is 2.19. The predicted octanol–water partition coefficient (Wildman–Crippen LogP) is 2.60. The molecule has 0 radical (unpaired) electrons. The quantitative estimate of drug-likeness (QED) is 0.603. The highest BCUT2D eigenvalue weighted by Crippen LogP contribution is 1.98. The number of amides is 1. The van der Waals surface area contributed by atoms with Gasteiger partial charge in [-0.2, -0.15) is 0 Å². The van der Waals surface area contributed by atoms with Crippen LogP contribution in [0, 0.1) is 5.92 Å². The van der Waals surface area contributed by atoms with Crippen molar-refractivity contribution in [3.63, 3.8) is 0 Å². The monoisotopic (exact) mass is 217 g/mol. The average molecular weight is 217 g/mol. The zero-order chi connectivity index (χ0) is 11.5. The van der Waals surface area contributed by atoms with Crippen molar-refractivity contribution < 1.29 is 11.0 Å². The maximum atomic E-state index is 11.3. The largest absolute Gasteiger partial charge is 0.382 e. The maximum Gasteiger partial charge on any atom is 0.219 e. The summed E-state index contributed by atoms with van der Waals surface area (Å²) in [6, 6.07) is 0. The topological polar surface area (TPSA) is 38.3 Å². The molecule has 0 aromatic rings. The fraction of sp³-hybridized carbons (Fsp3) is 0.917. The second-order valence-electron chi connectivity index (χ2n) is 4.19. The van der Waals surface area contributed by atoms with Gasteiger partial charge in [-0.1, -0.05) is 13.8 Å². The van der Waals surface area contributed by atoms with Crippen LogP contribution in [0.1, 0.15) is 47.9 Å². The van der Waals surface area contributed by atoms with E-state index in [0.717, 1.165) is 39.0 Å². The van der Waals surface area contributed by atoms with Crippen molar-refractivity contribution >= 4 is 5.91 Å². The summed E-state index contributed by atoms with van der Waals surface area (Å²) in [5, 5.41) is 2.93. The zero-order valence-electron chi connectivity index (χ0n) is 10.3. The fourth-order valence-electron chi connectivity index (χ4n) is 1.22. The highest BCUT2D eigenvalue weighted by atomic mass is 16.5. The van der Waals surface area contributed by atoms with Crippen LogP contribution in [-0.4, -0.2) is 25.7 Å². The Morgan fingerprint density at radius 2 is 2.13 bits per heavy atom. The van der Waals surface area contributed by atoms with Crippen LogP contribution in [0.4, 0.5) is 0 Å². The Balaban J connectivity index is 0. The molecular formula is C12H27NO2. The van der Waals surface area contributed by atoms with E-state index < -0.39 is 0 Å². The molecule has 0 saturated heterocycles. The Morgan fingerprint density at radius 3 is 2.73 bits per heavy atom. The van der Waals surface area contributed by atoms with Gasteiger partial charge in [0.25, 0.3) is 0 Å². The summed E-state index contributed by atoms with van der Waals surface area (Å²) < 4.78 is 5.20. The van der Waals surface area contributed by atoms with E-state index in [9.17, 15) is 4.79 Å². The van der Waals surface area contributed by atoms with E-state index in [2.05, 4.69) is 19.2 Å². The van der Waals surface area contributed by atoms with Crippen molar-refractivity contribution in [2.24, 2.45) is 5.92 Å². The van der Waals surface area contributed by atoms with Crippen molar-refractivity contribution in [1.82, 2.24) is 5.32 Å². The standard InChI is InChI=1S/C12H25NO2.H2/c1-4-15-10-6-5-7-12(14)13-9-8-11(2)3;/h11H,4-10H2,1-3H3,(H,13,14);1H. The van der Waals surface area contributed by atoms with E-state index in [-0.39, 0.29) is 7.33 Å². The van der Waals surface area contributed by atoms with Gasteiger partial charge in [0, 0.05) is 27.6 Å². The summed E-state index contributed by atoms with van der Waals surface area (Å²) in [7, 11) is 0. The Bertz CT molecular complexity index is 163. The molecule has 0 bridgehead atoms. The molecule has 0 rings (SSSR count).